The van der Waals surface area contributed by atoms with Gasteiger partial charge in [-0.15, -0.1) is 0 Å². The van der Waals surface area contributed by atoms with Crippen LogP contribution in [0.25, 0.3) is 11.3 Å². The fraction of sp³-hybridized carbons (Fsp3) is 0.167. The summed E-state index contributed by atoms with van der Waals surface area (Å²) in [5.41, 5.74) is -0.298. The number of benzene rings is 1. The number of aromatic nitrogens is 2. The Labute approximate surface area is 115 Å². The Kier molecular flexibility index (Phi) is 3.75. The van der Waals surface area contributed by atoms with E-state index in [1.165, 1.54) is 7.11 Å². The molecule has 100 valence electrons. The SMILES string of the molecule is COc1cccc(-c2cc(C(F)(F)F)nc(Br)n2)c1. The summed E-state index contributed by atoms with van der Waals surface area (Å²) in [6, 6.07) is 7.54. The third-order valence-electron chi connectivity index (χ3n) is 2.35. The molecule has 3 nitrogen and oxygen atoms in total. The molecule has 0 aliphatic carbocycles. The van der Waals surface area contributed by atoms with E-state index in [4.69, 9.17) is 4.74 Å². The van der Waals surface area contributed by atoms with Crippen molar-refractivity contribution in [3.8, 4) is 17.0 Å². The maximum Gasteiger partial charge on any atom is 0.433 e. The fourth-order valence-electron chi connectivity index (χ4n) is 1.49. The van der Waals surface area contributed by atoms with Gasteiger partial charge in [-0.2, -0.15) is 13.2 Å². The van der Waals surface area contributed by atoms with Gasteiger partial charge in [-0.05, 0) is 34.1 Å². The minimum Gasteiger partial charge on any atom is -0.497 e. The molecule has 0 spiro atoms. The van der Waals surface area contributed by atoms with E-state index in [9.17, 15) is 13.2 Å². The Morgan fingerprint density at radius 1 is 1.16 bits per heavy atom. The molecule has 2 rings (SSSR count). The van der Waals surface area contributed by atoms with E-state index in [1.807, 2.05) is 0 Å². The number of methoxy groups -OCH3 is 1. The zero-order valence-electron chi connectivity index (χ0n) is 9.70. The molecule has 0 aliphatic rings. The maximum absolute atomic E-state index is 12.7. The summed E-state index contributed by atoms with van der Waals surface area (Å²) in [7, 11) is 1.48. The normalized spacial score (nSPS) is 11.4. The molecule has 0 bridgehead atoms. The van der Waals surface area contributed by atoms with Gasteiger partial charge in [0, 0.05) is 5.56 Å². The van der Waals surface area contributed by atoms with Crippen molar-refractivity contribution in [1.29, 1.82) is 0 Å². The molecule has 0 fully saturated rings. The highest BCUT2D eigenvalue weighted by Crippen LogP contribution is 2.31. The fourth-order valence-corrected chi connectivity index (χ4v) is 1.88. The van der Waals surface area contributed by atoms with Crippen LogP contribution in [0.15, 0.2) is 35.1 Å². The molecule has 7 heteroatoms. The largest absolute Gasteiger partial charge is 0.497 e. The molecule has 1 aromatic carbocycles. The minimum atomic E-state index is -4.51. The van der Waals surface area contributed by atoms with Crippen molar-refractivity contribution in [2.24, 2.45) is 0 Å². The Balaban J connectivity index is 2.53. The third-order valence-corrected chi connectivity index (χ3v) is 2.71. The van der Waals surface area contributed by atoms with E-state index < -0.39 is 11.9 Å². The Morgan fingerprint density at radius 3 is 2.53 bits per heavy atom. The molecule has 0 saturated heterocycles. The topological polar surface area (TPSA) is 35.0 Å². The van der Waals surface area contributed by atoms with Crippen LogP contribution in [0.4, 0.5) is 13.2 Å². The highest BCUT2D eigenvalue weighted by atomic mass is 79.9. The van der Waals surface area contributed by atoms with Gasteiger partial charge in [0.25, 0.3) is 0 Å². The average Bonchev–Trinajstić information content (AvgIpc) is 2.37. The van der Waals surface area contributed by atoms with Gasteiger partial charge in [0.1, 0.15) is 11.4 Å². The summed E-state index contributed by atoms with van der Waals surface area (Å²) in [6.07, 6.45) is -4.51. The van der Waals surface area contributed by atoms with Gasteiger partial charge in [0.15, 0.2) is 4.73 Å². The quantitative estimate of drug-likeness (QED) is 0.781. The van der Waals surface area contributed by atoms with Crippen LogP contribution in [0.1, 0.15) is 5.69 Å². The average molecular weight is 333 g/mol. The lowest BCUT2D eigenvalue weighted by atomic mass is 10.1. The molecule has 0 radical (unpaired) electrons. The van der Waals surface area contributed by atoms with Crippen LogP contribution in [0.2, 0.25) is 0 Å². The zero-order chi connectivity index (χ0) is 14.0. The Morgan fingerprint density at radius 2 is 1.89 bits per heavy atom. The monoisotopic (exact) mass is 332 g/mol. The van der Waals surface area contributed by atoms with Crippen molar-refractivity contribution in [2.75, 3.05) is 7.11 Å². The van der Waals surface area contributed by atoms with Crippen molar-refractivity contribution >= 4 is 15.9 Å². The van der Waals surface area contributed by atoms with Crippen LogP contribution in [0.5, 0.6) is 5.75 Å². The van der Waals surface area contributed by atoms with Gasteiger partial charge < -0.3 is 4.74 Å². The predicted octanol–water partition coefficient (Wildman–Crippen LogP) is 3.93. The van der Waals surface area contributed by atoms with Crippen molar-refractivity contribution in [1.82, 2.24) is 9.97 Å². The van der Waals surface area contributed by atoms with Gasteiger partial charge in [0.2, 0.25) is 0 Å². The number of halogens is 4. The summed E-state index contributed by atoms with van der Waals surface area (Å²) < 4.78 is 42.9. The molecule has 0 amide bonds. The lowest BCUT2D eigenvalue weighted by Crippen LogP contribution is -2.09. The van der Waals surface area contributed by atoms with Crippen LogP contribution in [0, 0.1) is 0 Å². The first-order chi connectivity index (χ1) is 8.90. The molecule has 0 aliphatic heterocycles. The van der Waals surface area contributed by atoms with Crippen LogP contribution in [-0.4, -0.2) is 17.1 Å². The summed E-state index contributed by atoms with van der Waals surface area (Å²) in [5, 5.41) is 0. The first-order valence-electron chi connectivity index (χ1n) is 5.16. The number of nitrogens with zero attached hydrogens (tertiary/aromatic N) is 2. The van der Waals surface area contributed by atoms with Gasteiger partial charge >= 0.3 is 6.18 Å². The molecule has 0 unspecified atom stereocenters. The van der Waals surface area contributed by atoms with Crippen LogP contribution < -0.4 is 4.74 Å². The smallest absolute Gasteiger partial charge is 0.433 e. The summed E-state index contributed by atoms with van der Waals surface area (Å²) in [5.74, 6) is 0.542. The number of hydrogen-bond acceptors (Lipinski definition) is 3. The Hall–Kier alpha value is -1.63. The highest BCUT2D eigenvalue weighted by molar-refractivity contribution is 9.10. The second-order valence-corrected chi connectivity index (χ2v) is 4.35. The summed E-state index contributed by atoms with van der Waals surface area (Å²) in [4.78, 5) is 7.27. The lowest BCUT2D eigenvalue weighted by molar-refractivity contribution is -0.141. The highest BCUT2D eigenvalue weighted by Gasteiger charge is 2.33. The third kappa shape index (κ3) is 3.23. The number of rotatable bonds is 2. The van der Waals surface area contributed by atoms with Crippen molar-refractivity contribution in [3.63, 3.8) is 0 Å². The number of ether oxygens (including phenoxy) is 1. The lowest BCUT2D eigenvalue weighted by Gasteiger charge is -2.09. The van der Waals surface area contributed by atoms with E-state index in [-0.39, 0.29) is 10.4 Å². The standard InChI is InChI=1S/C12H8BrF3N2O/c1-19-8-4-2-3-7(5-8)9-6-10(12(14,15)16)18-11(13)17-9/h2-6H,1H3. The van der Waals surface area contributed by atoms with E-state index >= 15 is 0 Å². The second-order valence-electron chi connectivity index (χ2n) is 3.64. The molecule has 0 N–H and O–H groups in total. The number of hydrogen-bond donors (Lipinski definition) is 0. The molecular weight excluding hydrogens is 325 g/mol. The van der Waals surface area contributed by atoms with Crippen molar-refractivity contribution < 1.29 is 17.9 Å². The van der Waals surface area contributed by atoms with E-state index in [0.29, 0.717) is 11.3 Å². The molecular formula is C12H8BrF3N2O. The minimum absolute atomic E-state index is 0.111. The number of alkyl halides is 3. The predicted molar refractivity (Wildman–Crippen MR) is 66.7 cm³/mol. The first-order valence-corrected chi connectivity index (χ1v) is 5.95. The van der Waals surface area contributed by atoms with Crippen LogP contribution in [0.3, 0.4) is 0 Å². The summed E-state index contributed by atoms with van der Waals surface area (Å²) in [6.45, 7) is 0. The second kappa shape index (κ2) is 5.16. The van der Waals surface area contributed by atoms with Gasteiger partial charge in [-0.1, -0.05) is 12.1 Å². The van der Waals surface area contributed by atoms with Gasteiger partial charge in [-0.3, -0.25) is 0 Å². The van der Waals surface area contributed by atoms with E-state index in [2.05, 4.69) is 25.9 Å². The molecule has 2 aromatic rings. The van der Waals surface area contributed by atoms with Crippen LogP contribution >= 0.6 is 15.9 Å². The molecule has 1 aromatic heterocycles. The molecule has 0 saturated carbocycles. The molecule has 19 heavy (non-hydrogen) atoms. The van der Waals surface area contributed by atoms with Crippen molar-refractivity contribution in [3.05, 3.63) is 40.8 Å². The van der Waals surface area contributed by atoms with Crippen LogP contribution in [-0.2, 0) is 6.18 Å². The zero-order valence-corrected chi connectivity index (χ0v) is 11.3. The van der Waals surface area contributed by atoms with E-state index in [1.54, 1.807) is 24.3 Å². The van der Waals surface area contributed by atoms with E-state index in [0.717, 1.165) is 6.07 Å². The summed E-state index contributed by atoms with van der Waals surface area (Å²) >= 11 is 2.88. The first kappa shape index (κ1) is 13.8. The molecule has 1 heterocycles. The van der Waals surface area contributed by atoms with Gasteiger partial charge in [-0.25, -0.2) is 9.97 Å². The van der Waals surface area contributed by atoms with Gasteiger partial charge in [0.05, 0.1) is 12.8 Å². The maximum atomic E-state index is 12.7. The molecule has 0 atom stereocenters. The Bertz CT molecular complexity index is 602. The van der Waals surface area contributed by atoms with Crippen molar-refractivity contribution in [2.45, 2.75) is 6.18 Å².